The van der Waals surface area contributed by atoms with Crippen molar-refractivity contribution in [2.45, 2.75) is 18.7 Å². The van der Waals surface area contributed by atoms with Crippen LogP contribution < -0.4 is 0 Å². The van der Waals surface area contributed by atoms with Crippen LogP contribution in [0.4, 0.5) is 5.69 Å². The Morgan fingerprint density at radius 3 is 2.46 bits per heavy atom. The van der Waals surface area contributed by atoms with Gasteiger partial charge in [0.25, 0.3) is 0 Å². The SMILES string of the molecule is CCN(CC)S(=O)(=O)c1cc(N=Cc2ccccc2O)ccc1Cl. The molecule has 0 amide bonds. The molecule has 0 fully saturated rings. The first kappa shape index (κ1) is 18.4. The molecular formula is C17H19ClN2O3S. The topological polar surface area (TPSA) is 70.0 Å². The van der Waals surface area contributed by atoms with Crippen molar-refractivity contribution in [2.75, 3.05) is 13.1 Å². The van der Waals surface area contributed by atoms with Gasteiger partial charge in [0.1, 0.15) is 10.6 Å². The molecule has 0 saturated carbocycles. The molecule has 1 N–H and O–H groups in total. The largest absolute Gasteiger partial charge is 0.507 e. The summed E-state index contributed by atoms with van der Waals surface area (Å²) >= 11 is 6.08. The first-order chi connectivity index (χ1) is 11.4. The Kier molecular flexibility index (Phi) is 5.99. The van der Waals surface area contributed by atoms with E-state index in [0.29, 0.717) is 24.3 Å². The van der Waals surface area contributed by atoms with Crippen molar-refractivity contribution >= 4 is 33.5 Å². The minimum absolute atomic E-state index is 0.0276. The highest BCUT2D eigenvalue weighted by molar-refractivity contribution is 7.89. The van der Waals surface area contributed by atoms with E-state index in [1.807, 2.05) is 0 Å². The summed E-state index contributed by atoms with van der Waals surface area (Å²) in [5, 5.41) is 9.89. The van der Waals surface area contributed by atoms with Crippen LogP contribution >= 0.6 is 11.6 Å². The number of phenolic OH excluding ortho intramolecular Hbond substituents is 1. The van der Waals surface area contributed by atoms with Gasteiger partial charge in [-0.15, -0.1) is 0 Å². The Morgan fingerprint density at radius 2 is 1.83 bits per heavy atom. The summed E-state index contributed by atoms with van der Waals surface area (Å²) < 4.78 is 26.6. The molecule has 0 aliphatic heterocycles. The molecule has 2 aromatic carbocycles. The summed E-state index contributed by atoms with van der Waals surface area (Å²) in [6.07, 6.45) is 1.48. The second kappa shape index (κ2) is 7.79. The van der Waals surface area contributed by atoms with Gasteiger partial charge in [0.15, 0.2) is 0 Å². The fourth-order valence-corrected chi connectivity index (χ4v) is 4.17. The van der Waals surface area contributed by atoms with Crippen molar-refractivity contribution < 1.29 is 13.5 Å². The Bertz CT molecular complexity index is 847. The first-order valence-electron chi connectivity index (χ1n) is 7.52. The lowest BCUT2D eigenvalue weighted by Gasteiger charge is -2.19. The van der Waals surface area contributed by atoms with Crippen molar-refractivity contribution in [3.8, 4) is 5.75 Å². The molecule has 7 heteroatoms. The molecule has 0 heterocycles. The highest BCUT2D eigenvalue weighted by Gasteiger charge is 2.24. The third-order valence-corrected chi connectivity index (χ3v) is 6.06. The number of para-hydroxylation sites is 1. The minimum Gasteiger partial charge on any atom is -0.507 e. The second-order valence-corrected chi connectivity index (χ2v) is 7.33. The van der Waals surface area contributed by atoms with E-state index in [4.69, 9.17) is 11.6 Å². The molecule has 0 aromatic heterocycles. The highest BCUT2D eigenvalue weighted by atomic mass is 35.5. The van der Waals surface area contributed by atoms with Crippen molar-refractivity contribution in [3.63, 3.8) is 0 Å². The molecular weight excluding hydrogens is 348 g/mol. The number of hydrogen-bond acceptors (Lipinski definition) is 4. The predicted octanol–water partition coefficient (Wildman–Crippen LogP) is 3.83. The number of rotatable bonds is 6. The molecule has 0 aliphatic carbocycles. The number of halogens is 1. The smallest absolute Gasteiger partial charge is 0.244 e. The Labute approximate surface area is 147 Å². The van der Waals surface area contributed by atoms with E-state index in [-0.39, 0.29) is 15.7 Å². The highest BCUT2D eigenvalue weighted by Crippen LogP contribution is 2.29. The van der Waals surface area contributed by atoms with Crippen molar-refractivity contribution in [3.05, 3.63) is 53.1 Å². The van der Waals surface area contributed by atoms with Crippen molar-refractivity contribution in [1.29, 1.82) is 0 Å². The van der Waals surface area contributed by atoms with Gasteiger partial charge in [0, 0.05) is 24.9 Å². The maximum atomic E-state index is 12.6. The standard InChI is InChI=1S/C17H19ClN2O3S/c1-3-20(4-2)24(22,23)17-11-14(9-10-15(17)18)19-12-13-7-5-6-8-16(13)21/h5-12,21H,3-4H2,1-2H3. The van der Waals surface area contributed by atoms with Crippen LogP contribution in [-0.2, 0) is 10.0 Å². The van der Waals surface area contributed by atoms with Gasteiger partial charge >= 0.3 is 0 Å². The maximum absolute atomic E-state index is 12.6. The minimum atomic E-state index is -3.67. The van der Waals surface area contributed by atoms with E-state index < -0.39 is 10.0 Å². The number of phenols is 1. The third-order valence-electron chi connectivity index (χ3n) is 3.53. The molecule has 0 spiro atoms. The van der Waals surface area contributed by atoms with Crippen LogP contribution in [-0.4, -0.2) is 37.1 Å². The maximum Gasteiger partial charge on any atom is 0.244 e. The monoisotopic (exact) mass is 366 g/mol. The van der Waals surface area contributed by atoms with Gasteiger partial charge in [-0.1, -0.05) is 37.6 Å². The summed E-state index contributed by atoms with van der Waals surface area (Å²) in [7, 11) is -3.67. The van der Waals surface area contributed by atoms with E-state index in [0.717, 1.165) is 0 Å². The van der Waals surface area contributed by atoms with E-state index in [9.17, 15) is 13.5 Å². The molecule has 5 nitrogen and oxygen atoms in total. The van der Waals surface area contributed by atoms with Crippen LogP contribution in [0.15, 0.2) is 52.4 Å². The van der Waals surface area contributed by atoms with Gasteiger partial charge < -0.3 is 5.11 Å². The summed E-state index contributed by atoms with van der Waals surface area (Å²) in [5.41, 5.74) is 0.981. The lowest BCUT2D eigenvalue weighted by Crippen LogP contribution is -2.30. The fourth-order valence-electron chi connectivity index (χ4n) is 2.21. The van der Waals surface area contributed by atoms with Crippen LogP contribution in [0.5, 0.6) is 5.75 Å². The summed E-state index contributed by atoms with van der Waals surface area (Å²) in [6, 6.07) is 11.3. The average Bonchev–Trinajstić information content (AvgIpc) is 2.56. The zero-order valence-corrected chi connectivity index (χ0v) is 15.0. The van der Waals surface area contributed by atoms with Crippen LogP contribution in [0.1, 0.15) is 19.4 Å². The van der Waals surface area contributed by atoms with Gasteiger partial charge in [0.2, 0.25) is 10.0 Å². The van der Waals surface area contributed by atoms with E-state index in [1.165, 1.54) is 22.7 Å². The van der Waals surface area contributed by atoms with Gasteiger partial charge in [-0.05, 0) is 30.3 Å². The van der Waals surface area contributed by atoms with Crippen LogP contribution in [0.3, 0.4) is 0 Å². The molecule has 2 aromatic rings. The summed E-state index contributed by atoms with van der Waals surface area (Å²) in [5.74, 6) is 0.103. The number of aromatic hydroxyl groups is 1. The van der Waals surface area contributed by atoms with E-state index in [1.54, 1.807) is 44.2 Å². The average molecular weight is 367 g/mol. The lowest BCUT2D eigenvalue weighted by atomic mass is 10.2. The number of benzene rings is 2. The lowest BCUT2D eigenvalue weighted by molar-refractivity contribution is 0.445. The quantitative estimate of drug-likeness (QED) is 0.790. The third kappa shape index (κ3) is 3.95. The summed E-state index contributed by atoms with van der Waals surface area (Å²) in [6.45, 7) is 4.27. The molecule has 0 unspecified atom stereocenters. The van der Waals surface area contributed by atoms with Crippen LogP contribution in [0, 0.1) is 0 Å². The zero-order valence-electron chi connectivity index (χ0n) is 13.5. The van der Waals surface area contributed by atoms with Crippen molar-refractivity contribution in [2.24, 2.45) is 4.99 Å². The van der Waals surface area contributed by atoms with Crippen LogP contribution in [0.2, 0.25) is 5.02 Å². The number of hydrogen-bond donors (Lipinski definition) is 1. The number of nitrogens with zero attached hydrogens (tertiary/aromatic N) is 2. The molecule has 0 atom stereocenters. The molecule has 2 rings (SSSR count). The van der Waals surface area contributed by atoms with Gasteiger partial charge in [-0.25, -0.2) is 8.42 Å². The second-order valence-electron chi connectivity index (χ2n) is 5.02. The van der Waals surface area contributed by atoms with Gasteiger partial charge in [-0.3, -0.25) is 4.99 Å². The molecule has 128 valence electrons. The molecule has 0 radical (unpaired) electrons. The summed E-state index contributed by atoms with van der Waals surface area (Å²) in [4.78, 5) is 4.26. The first-order valence-corrected chi connectivity index (χ1v) is 9.33. The predicted molar refractivity (Wildman–Crippen MR) is 96.9 cm³/mol. The fraction of sp³-hybridized carbons (Fsp3) is 0.235. The van der Waals surface area contributed by atoms with Crippen molar-refractivity contribution in [1.82, 2.24) is 4.31 Å². The van der Waals surface area contributed by atoms with E-state index in [2.05, 4.69) is 4.99 Å². The normalized spacial score (nSPS) is 12.2. The molecule has 0 aliphatic rings. The molecule has 0 saturated heterocycles. The van der Waals surface area contributed by atoms with E-state index >= 15 is 0 Å². The Balaban J connectivity index is 2.41. The number of aliphatic imine (C=N–C) groups is 1. The van der Waals surface area contributed by atoms with Gasteiger partial charge in [0.05, 0.1) is 10.7 Å². The zero-order chi connectivity index (χ0) is 17.7. The molecule has 0 bridgehead atoms. The number of sulfonamides is 1. The molecule has 24 heavy (non-hydrogen) atoms. The Hall–Kier alpha value is -1.89. The van der Waals surface area contributed by atoms with Crippen LogP contribution in [0.25, 0.3) is 0 Å². The Morgan fingerprint density at radius 1 is 1.17 bits per heavy atom. The van der Waals surface area contributed by atoms with Gasteiger partial charge in [-0.2, -0.15) is 4.31 Å².